The molecule has 0 fully saturated rings. The first-order valence-corrected chi connectivity index (χ1v) is 12.6. The third-order valence-electron chi connectivity index (χ3n) is 5.03. The van der Waals surface area contributed by atoms with E-state index in [-0.39, 0.29) is 23.9 Å². The summed E-state index contributed by atoms with van der Waals surface area (Å²) < 4.78 is 39.4. The quantitative estimate of drug-likeness (QED) is 0.328. The zero-order valence-corrected chi connectivity index (χ0v) is 19.4. The van der Waals surface area contributed by atoms with Gasteiger partial charge in [-0.2, -0.15) is 0 Å². The Labute approximate surface area is 199 Å². The summed E-state index contributed by atoms with van der Waals surface area (Å²) in [4.78, 5) is 17.1. The highest BCUT2D eigenvalue weighted by atomic mass is 32.2. The summed E-state index contributed by atoms with van der Waals surface area (Å²) in [5, 5.41) is 3.56. The molecule has 0 saturated heterocycles. The van der Waals surface area contributed by atoms with Crippen LogP contribution in [-0.4, -0.2) is 19.3 Å². The Morgan fingerprint density at radius 3 is 2.50 bits per heavy atom. The number of sulfonamides is 1. The maximum Gasteiger partial charge on any atom is 0.251 e. The topological polar surface area (TPSA) is 114 Å². The van der Waals surface area contributed by atoms with Crippen LogP contribution in [0.1, 0.15) is 21.9 Å². The smallest absolute Gasteiger partial charge is 0.251 e. The van der Waals surface area contributed by atoms with E-state index in [1.54, 1.807) is 18.2 Å². The van der Waals surface area contributed by atoms with Gasteiger partial charge >= 0.3 is 0 Å². The molecule has 0 radical (unpaired) electrons. The largest absolute Gasteiger partial charge is 0.468 e. The summed E-state index contributed by atoms with van der Waals surface area (Å²) in [6.45, 7) is 0.230. The van der Waals surface area contributed by atoms with Gasteiger partial charge in [0.2, 0.25) is 10.0 Å². The van der Waals surface area contributed by atoms with Crippen molar-refractivity contribution in [2.24, 2.45) is 0 Å². The van der Waals surface area contributed by atoms with E-state index in [1.807, 2.05) is 30.3 Å². The molecule has 8 nitrogen and oxygen atoms in total. The molecule has 2 N–H and O–H groups in total. The first-order valence-electron chi connectivity index (χ1n) is 10.3. The van der Waals surface area contributed by atoms with Crippen molar-refractivity contribution in [3.05, 3.63) is 96.1 Å². The second-order valence-corrected chi connectivity index (χ2v) is 10.2. The molecule has 34 heavy (non-hydrogen) atoms. The Morgan fingerprint density at radius 1 is 0.912 bits per heavy atom. The number of hydrogen-bond donors (Lipinski definition) is 2. The van der Waals surface area contributed by atoms with Gasteiger partial charge in [0.25, 0.3) is 5.91 Å². The minimum absolute atomic E-state index is 0.0414. The molecule has 5 aromatic rings. The van der Waals surface area contributed by atoms with E-state index < -0.39 is 10.0 Å². The van der Waals surface area contributed by atoms with E-state index in [1.165, 1.54) is 41.9 Å². The lowest BCUT2D eigenvalue weighted by molar-refractivity contribution is 0.0948. The SMILES string of the molecule is O=C(NCc1ccc(-c2nc3ccccc3s2)o1)c1ccc(S(=O)(=O)NCc2ccco2)cc1. The van der Waals surface area contributed by atoms with Gasteiger partial charge in [0.05, 0.1) is 34.5 Å². The Hall–Kier alpha value is -3.73. The molecule has 172 valence electrons. The van der Waals surface area contributed by atoms with E-state index in [2.05, 4.69) is 15.0 Å². The fourth-order valence-corrected chi connectivity index (χ4v) is 5.20. The van der Waals surface area contributed by atoms with Crippen LogP contribution in [0.2, 0.25) is 0 Å². The first-order chi connectivity index (χ1) is 16.5. The predicted octanol–water partition coefficient (Wildman–Crippen LogP) is 4.56. The zero-order chi connectivity index (χ0) is 23.5. The molecule has 1 amide bonds. The van der Waals surface area contributed by atoms with Gasteiger partial charge in [0, 0.05) is 5.56 Å². The highest BCUT2D eigenvalue weighted by Gasteiger charge is 2.16. The van der Waals surface area contributed by atoms with Gasteiger partial charge in [-0.25, -0.2) is 18.1 Å². The van der Waals surface area contributed by atoms with Gasteiger partial charge in [-0.1, -0.05) is 12.1 Å². The summed E-state index contributed by atoms with van der Waals surface area (Å²) in [5.41, 5.74) is 1.25. The molecule has 3 heterocycles. The molecule has 2 aromatic carbocycles. The average molecular weight is 494 g/mol. The van der Waals surface area contributed by atoms with Crippen LogP contribution in [0, 0.1) is 0 Å². The van der Waals surface area contributed by atoms with Crippen molar-refractivity contribution < 1.29 is 22.0 Å². The summed E-state index contributed by atoms with van der Waals surface area (Å²) >= 11 is 1.54. The van der Waals surface area contributed by atoms with Crippen LogP contribution < -0.4 is 10.0 Å². The van der Waals surface area contributed by atoms with Gasteiger partial charge in [0.1, 0.15) is 11.5 Å². The number of amides is 1. The molecule has 0 aliphatic carbocycles. The maximum atomic E-state index is 12.5. The van der Waals surface area contributed by atoms with Crippen LogP contribution in [0.3, 0.4) is 0 Å². The summed E-state index contributed by atoms with van der Waals surface area (Å²) in [6.07, 6.45) is 1.47. The average Bonchev–Trinajstić information content (AvgIpc) is 3.61. The van der Waals surface area contributed by atoms with Crippen LogP contribution in [0.4, 0.5) is 0 Å². The van der Waals surface area contributed by atoms with Crippen molar-refractivity contribution in [3.8, 4) is 10.8 Å². The van der Waals surface area contributed by atoms with Gasteiger partial charge < -0.3 is 14.2 Å². The third-order valence-corrected chi connectivity index (χ3v) is 7.50. The van der Waals surface area contributed by atoms with Crippen molar-refractivity contribution in [3.63, 3.8) is 0 Å². The second kappa shape index (κ2) is 9.26. The van der Waals surface area contributed by atoms with E-state index in [9.17, 15) is 13.2 Å². The molecule has 5 rings (SSSR count). The number of carbonyl (C=O) groups excluding carboxylic acids is 1. The Morgan fingerprint density at radius 2 is 1.74 bits per heavy atom. The Bertz CT molecular complexity index is 1500. The number of carbonyl (C=O) groups is 1. The highest BCUT2D eigenvalue weighted by Crippen LogP contribution is 2.31. The number of nitrogens with zero attached hydrogens (tertiary/aromatic N) is 1. The molecule has 0 aliphatic heterocycles. The molecule has 0 unspecified atom stereocenters. The summed E-state index contributed by atoms with van der Waals surface area (Å²) in [6, 6.07) is 20.5. The predicted molar refractivity (Wildman–Crippen MR) is 128 cm³/mol. The summed E-state index contributed by atoms with van der Waals surface area (Å²) in [5.74, 6) is 1.39. The van der Waals surface area contributed by atoms with Crippen LogP contribution in [-0.2, 0) is 23.1 Å². The first kappa shape index (κ1) is 22.1. The van der Waals surface area contributed by atoms with Gasteiger partial charge in [-0.15, -0.1) is 11.3 Å². The minimum Gasteiger partial charge on any atom is -0.468 e. The molecule has 0 saturated carbocycles. The molecular weight excluding hydrogens is 474 g/mol. The standard InChI is InChI=1S/C24H19N3O5S2/c28-23(16-7-10-19(11-8-16)34(29,30)26-15-17-4-3-13-31-17)25-14-18-9-12-21(32-18)24-27-20-5-1-2-6-22(20)33-24/h1-13,26H,14-15H2,(H,25,28). The van der Waals surface area contributed by atoms with Crippen molar-refractivity contribution in [2.45, 2.75) is 18.0 Å². The maximum absolute atomic E-state index is 12.5. The number of furan rings is 2. The van der Waals surface area contributed by atoms with Crippen LogP contribution in [0.15, 0.2) is 92.8 Å². The Balaban J connectivity index is 1.19. The molecule has 0 spiro atoms. The molecule has 10 heteroatoms. The lowest BCUT2D eigenvalue weighted by atomic mass is 10.2. The number of para-hydroxylation sites is 1. The minimum atomic E-state index is -3.73. The van der Waals surface area contributed by atoms with Crippen LogP contribution >= 0.6 is 11.3 Å². The van der Waals surface area contributed by atoms with Crippen LogP contribution in [0.25, 0.3) is 21.0 Å². The number of aromatic nitrogens is 1. The van der Waals surface area contributed by atoms with E-state index >= 15 is 0 Å². The zero-order valence-electron chi connectivity index (χ0n) is 17.7. The number of rotatable bonds is 8. The Kier molecular flexibility index (Phi) is 6.01. The third kappa shape index (κ3) is 4.79. The number of benzene rings is 2. The van der Waals surface area contributed by atoms with E-state index in [0.29, 0.717) is 22.8 Å². The molecule has 3 aromatic heterocycles. The monoisotopic (exact) mass is 493 g/mol. The lowest BCUT2D eigenvalue weighted by Crippen LogP contribution is -2.24. The molecule has 0 bridgehead atoms. The number of hydrogen-bond acceptors (Lipinski definition) is 7. The molecular formula is C24H19N3O5S2. The van der Waals surface area contributed by atoms with Gasteiger partial charge in [-0.05, 0) is 60.7 Å². The number of thiazole rings is 1. The van der Waals surface area contributed by atoms with Crippen LogP contribution in [0.5, 0.6) is 0 Å². The van der Waals surface area contributed by atoms with E-state index in [4.69, 9.17) is 8.83 Å². The number of nitrogens with one attached hydrogen (secondary N) is 2. The molecule has 0 aliphatic rings. The fraction of sp³-hybridized carbons (Fsp3) is 0.0833. The number of fused-ring (bicyclic) bond motifs is 1. The highest BCUT2D eigenvalue weighted by molar-refractivity contribution is 7.89. The van der Waals surface area contributed by atoms with E-state index in [0.717, 1.165) is 15.2 Å². The van der Waals surface area contributed by atoms with Crippen molar-refractivity contribution in [1.29, 1.82) is 0 Å². The van der Waals surface area contributed by atoms with Crippen molar-refractivity contribution >= 4 is 37.5 Å². The summed E-state index contributed by atoms with van der Waals surface area (Å²) in [7, 11) is -3.73. The van der Waals surface area contributed by atoms with Crippen molar-refractivity contribution in [1.82, 2.24) is 15.0 Å². The van der Waals surface area contributed by atoms with Gasteiger partial charge in [-0.3, -0.25) is 4.79 Å². The van der Waals surface area contributed by atoms with Gasteiger partial charge in [0.15, 0.2) is 10.8 Å². The lowest BCUT2D eigenvalue weighted by Gasteiger charge is -2.07. The molecule has 0 atom stereocenters. The van der Waals surface area contributed by atoms with Crippen molar-refractivity contribution in [2.75, 3.05) is 0 Å². The second-order valence-electron chi connectivity index (χ2n) is 7.36. The fourth-order valence-electron chi connectivity index (χ4n) is 3.28. The normalized spacial score (nSPS) is 11.6.